The van der Waals surface area contributed by atoms with Crippen molar-refractivity contribution < 1.29 is 4.74 Å². The van der Waals surface area contributed by atoms with Crippen LogP contribution < -0.4 is 15.0 Å². The lowest BCUT2D eigenvalue weighted by atomic mass is 10.0. The van der Waals surface area contributed by atoms with Crippen LogP contribution in [-0.4, -0.2) is 33.9 Å². The topological polar surface area (TPSA) is 63.2 Å². The Morgan fingerprint density at radius 1 is 1.28 bits per heavy atom. The van der Waals surface area contributed by atoms with Gasteiger partial charge in [0.1, 0.15) is 5.75 Å². The van der Waals surface area contributed by atoms with Crippen LogP contribution >= 0.6 is 0 Å². The lowest BCUT2D eigenvalue weighted by molar-refractivity contribution is 0.244. The van der Waals surface area contributed by atoms with E-state index in [4.69, 9.17) is 9.72 Å². The molecule has 1 aliphatic rings. The Labute approximate surface area is 149 Å². The molecule has 2 aromatic rings. The molecule has 1 aliphatic heterocycles. The summed E-state index contributed by atoms with van der Waals surface area (Å²) in [6.45, 7) is 7.29. The first-order chi connectivity index (χ1) is 12.2. The van der Waals surface area contributed by atoms with Crippen LogP contribution in [0, 0.1) is 0 Å². The minimum Gasteiger partial charge on any atom is -0.489 e. The molecule has 0 radical (unpaired) electrons. The second-order valence-electron chi connectivity index (χ2n) is 6.68. The first kappa shape index (κ1) is 17.5. The van der Waals surface area contributed by atoms with E-state index < -0.39 is 0 Å². The second kappa shape index (κ2) is 8.14. The molecule has 134 valence electrons. The Balaban J connectivity index is 1.80. The number of hydrogen-bond acceptors (Lipinski definition) is 6. The molecule has 0 bridgehead atoms. The Morgan fingerprint density at radius 3 is 2.92 bits per heavy atom. The van der Waals surface area contributed by atoms with E-state index in [1.807, 2.05) is 38.1 Å². The molecule has 0 amide bonds. The number of aromatic nitrogens is 3. The van der Waals surface area contributed by atoms with Crippen LogP contribution in [0.15, 0.2) is 30.5 Å². The van der Waals surface area contributed by atoms with Crippen LogP contribution in [0.4, 0.5) is 17.5 Å². The Kier molecular flexibility index (Phi) is 5.68. The van der Waals surface area contributed by atoms with Crippen LogP contribution in [0.3, 0.4) is 0 Å². The van der Waals surface area contributed by atoms with Crippen molar-refractivity contribution in [2.24, 2.45) is 0 Å². The summed E-state index contributed by atoms with van der Waals surface area (Å²) in [7, 11) is 0. The van der Waals surface area contributed by atoms with Gasteiger partial charge < -0.3 is 15.0 Å². The van der Waals surface area contributed by atoms with E-state index in [-0.39, 0.29) is 6.10 Å². The highest BCUT2D eigenvalue weighted by Crippen LogP contribution is 2.28. The van der Waals surface area contributed by atoms with E-state index in [0.717, 1.165) is 30.2 Å². The molecule has 6 heteroatoms. The van der Waals surface area contributed by atoms with Gasteiger partial charge >= 0.3 is 0 Å². The molecule has 1 fully saturated rings. The summed E-state index contributed by atoms with van der Waals surface area (Å²) >= 11 is 0. The molecule has 1 N–H and O–H groups in total. The third kappa shape index (κ3) is 4.38. The van der Waals surface area contributed by atoms with Crippen LogP contribution in [0.2, 0.25) is 0 Å². The van der Waals surface area contributed by atoms with Gasteiger partial charge in [-0.15, -0.1) is 5.10 Å². The fourth-order valence-electron chi connectivity index (χ4n) is 3.26. The van der Waals surface area contributed by atoms with E-state index in [1.165, 1.54) is 19.3 Å². The quantitative estimate of drug-likeness (QED) is 0.851. The molecule has 1 aromatic heterocycles. The molecule has 1 atom stereocenters. The number of nitrogens with zero attached hydrogens (tertiary/aromatic N) is 4. The van der Waals surface area contributed by atoms with Gasteiger partial charge in [0, 0.05) is 12.6 Å². The van der Waals surface area contributed by atoms with Crippen molar-refractivity contribution in [2.45, 2.75) is 58.6 Å². The molecule has 1 aromatic carbocycles. The van der Waals surface area contributed by atoms with E-state index >= 15 is 0 Å². The molecule has 0 aliphatic carbocycles. The molecule has 2 heterocycles. The van der Waals surface area contributed by atoms with Crippen molar-refractivity contribution in [3.8, 4) is 5.75 Å². The largest absolute Gasteiger partial charge is 0.489 e. The minimum atomic E-state index is 0.104. The number of rotatable bonds is 6. The van der Waals surface area contributed by atoms with E-state index in [1.54, 1.807) is 6.20 Å². The summed E-state index contributed by atoms with van der Waals surface area (Å²) < 4.78 is 5.85. The number of hydrogen-bond donors (Lipinski definition) is 1. The van der Waals surface area contributed by atoms with Gasteiger partial charge in [0.25, 0.3) is 0 Å². The molecule has 1 unspecified atom stereocenters. The summed E-state index contributed by atoms with van der Waals surface area (Å²) in [5.41, 5.74) is 0.848. The van der Waals surface area contributed by atoms with E-state index in [0.29, 0.717) is 12.0 Å². The number of ether oxygens (including phenoxy) is 1. The molecule has 1 saturated heterocycles. The average Bonchev–Trinajstić information content (AvgIpc) is 2.63. The number of anilines is 3. The smallest absolute Gasteiger partial charge is 0.249 e. The van der Waals surface area contributed by atoms with Crippen molar-refractivity contribution in [1.82, 2.24) is 15.2 Å². The normalized spacial score (nSPS) is 17.6. The number of benzene rings is 1. The van der Waals surface area contributed by atoms with E-state index in [2.05, 4.69) is 27.3 Å². The second-order valence-corrected chi connectivity index (χ2v) is 6.68. The zero-order chi connectivity index (χ0) is 17.6. The zero-order valence-electron chi connectivity index (χ0n) is 15.3. The van der Waals surface area contributed by atoms with Crippen molar-refractivity contribution in [3.05, 3.63) is 30.5 Å². The predicted molar refractivity (Wildman–Crippen MR) is 101 cm³/mol. The fourth-order valence-corrected chi connectivity index (χ4v) is 3.26. The van der Waals surface area contributed by atoms with Gasteiger partial charge in [0.15, 0.2) is 5.82 Å². The Morgan fingerprint density at radius 2 is 2.12 bits per heavy atom. The highest BCUT2D eigenvalue weighted by molar-refractivity contribution is 5.62. The molecule has 0 saturated carbocycles. The number of para-hydroxylation sites is 2. The highest BCUT2D eigenvalue weighted by atomic mass is 16.5. The SMILES string of the molecule is CCC1CCCCN1c1cnnc(Nc2ccccc2OC(C)C)n1. The van der Waals surface area contributed by atoms with E-state index in [9.17, 15) is 0 Å². The van der Waals surface area contributed by atoms with Gasteiger partial charge in [-0.1, -0.05) is 19.1 Å². The summed E-state index contributed by atoms with van der Waals surface area (Å²) in [4.78, 5) is 7.06. The molecule has 3 rings (SSSR count). The lowest BCUT2D eigenvalue weighted by Gasteiger charge is -2.35. The summed E-state index contributed by atoms with van der Waals surface area (Å²) in [5, 5.41) is 11.6. The third-order valence-electron chi connectivity index (χ3n) is 4.43. The average molecular weight is 341 g/mol. The number of piperidine rings is 1. The van der Waals surface area contributed by atoms with Crippen LogP contribution in [0.25, 0.3) is 0 Å². The highest BCUT2D eigenvalue weighted by Gasteiger charge is 2.22. The van der Waals surface area contributed by atoms with Crippen molar-refractivity contribution >= 4 is 17.5 Å². The first-order valence-corrected chi connectivity index (χ1v) is 9.16. The van der Waals surface area contributed by atoms with Crippen LogP contribution in [0.1, 0.15) is 46.5 Å². The summed E-state index contributed by atoms with van der Waals surface area (Å²) in [5.74, 6) is 2.18. The first-order valence-electron chi connectivity index (χ1n) is 9.16. The minimum absolute atomic E-state index is 0.104. The monoisotopic (exact) mass is 341 g/mol. The molecule has 6 nitrogen and oxygen atoms in total. The van der Waals surface area contributed by atoms with Crippen molar-refractivity contribution in [3.63, 3.8) is 0 Å². The van der Waals surface area contributed by atoms with Gasteiger partial charge in [0.05, 0.1) is 18.0 Å². The third-order valence-corrected chi connectivity index (χ3v) is 4.43. The summed E-state index contributed by atoms with van der Waals surface area (Å²) in [6, 6.07) is 8.36. The maximum absolute atomic E-state index is 5.85. The van der Waals surface area contributed by atoms with Gasteiger partial charge in [-0.05, 0) is 51.7 Å². The summed E-state index contributed by atoms with van der Waals surface area (Å²) in [6.07, 6.45) is 6.70. The van der Waals surface area contributed by atoms with Crippen molar-refractivity contribution in [1.29, 1.82) is 0 Å². The van der Waals surface area contributed by atoms with Crippen LogP contribution in [0.5, 0.6) is 5.75 Å². The fraction of sp³-hybridized carbons (Fsp3) is 0.526. The van der Waals surface area contributed by atoms with Gasteiger partial charge in [-0.25, -0.2) is 0 Å². The number of nitrogens with one attached hydrogen (secondary N) is 1. The Hall–Kier alpha value is -2.37. The molecule has 0 spiro atoms. The predicted octanol–water partition coefficient (Wildman–Crippen LogP) is 4.17. The maximum atomic E-state index is 5.85. The molecular formula is C19H27N5O. The standard InChI is InChI=1S/C19H27N5O/c1-4-15-9-7-8-12-24(15)18-13-20-23-19(22-18)21-16-10-5-6-11-17(16)25-14(2)3/h5-6,10-11,13-15H,4,7-9,12H2,1-3H3,(H,21,22,23). The van der Waals surface area contributed by atoms with Gasteiger partial charge in [-0.3, -0.25) is 0 Å². The van der Waals surface area contributed by atoms with Crippen molar-refractivity contribution in [2.75, 3.05) is 16.8 Å². The molecule has 25 heavy (non-hydrogen) atoms. The molecular weight excluding hydrogens is 314 g/mol. The van der Waals surface area contributed by atoms with Gasteiger partial charge in [0.2, 0.25) is 5.95 Å². The Bertz CT molecular complexity index is 691. The maximum Gasteiger partial charge on any atom is 0.249 e. The lowest BCUT2D eigenvalue weighted by Crippen LogP contribution is -2.39. The zero-order valence-corrected chi connectivity index (χ0v) is 15.3. The van der Waals surface area contributed by atoms with Gasteiger partial charge in [-0.2, -0.15) is 10.1 Å². The van der Waals surface area contributed by atoms with Crippen LogP contribution in [-0.2, 0) is 0 Å².